The van der Waals surface area contributed by atoms with Gasteiger partial charge in [-0.25, -0.2) is 0 Å². The number of aliphatic hydroxyl groups excluding tert-OH is 1. The molecule has 0 aliphatic heterocycles. The van der Waals surface area contributed by atoms with E-state index in [2.05, 4.69) is 37.9 Å². The summed E-state index contributed by atoms with van der Waals surface area (Å²) in [5.74, 6) is 0.884. The van der Waals surface area contributed by atoms with Gasteiger partial charge in [-0.15, -0.1) is 0 Å². The normalized spacial score (nSPS) is 14.6. The third kappa shape index (κ3) is 4.31. The van der Waals surface area contributed by atoms with Crippen LogP contribution in [0, 0.1) is 5.41 Å². The van der Waals surface area contributed by atoms with Crippen LogP contribution in [0.4, 0.5) is 0 Å². The van der Waals surface area contributed by atoms with Crippen molar-refractivity contribution < 1.29 is 9.84 Å². The summed E-state index contributed by atoms with van der Waals surface area (Å²) >= 11 is 0. The Morgan fingerprint density at radius 2 is 1.89 bits per heavy atom. The van der Waals surface area contributed by atoms with Gasteiger partial charge in [0.1, 0.15) is 5.75 Å². The lowest BCUT2D eigenvalue weighted by atomic mass is 9.88. The fourth-order valence-corrected chi connectivity index (χ4v) is 2.02. The van der Waals surface area contributed by atoms with Crippen molar-refractivity contribution in [2.75, 3.05) is 27.3 Å². The van der Waals surface area contributed by atoms with E-state index in [0.717, 1.165) is 25.3 Å². The molecule has 0 amide bonds. The van der Waals surface area contributed by atoms with Crippen LogP contribution in [0.25, 0.3) is 0 Å². The predicted octanol–water partition coefficient (Wildman–Crippen LogP) is 2.54. The van der Waals surface area contributed by atoms with E-state index in [1.165, 1.54) is 5.56 Å². The van der Waals surface area contributed by atoms with Gasteiger partial charge >= 0.3 is 0 Å². The molecule has 3 heteroatoms. The summed E-state index contributed by atoms with van der Waals surface area (Å²) < 4.78 is 5.14. The maximum atomic E-state index is 9.43. The average Bonchev–Trinajstić information content (AvgIpc) is 2.39. The Balaban J connectivity index is 2.55. The Hall–Kier alpha value is -1.06. The molecule has 18 heavy (non-hydrogen) atoms. The topological polar surface area (TPSA) is 32.7 Å². The van der Waals surface area contributed by atoms with E-state index in [9.17, 15) is 5.11 Å². The van der Waals surface area contributed by atoms with Crippen LogP contribution in [0.15, 0.2) is 24.3 Å². The molecule has 0 heterocycles. The largest absolute Gasteiger partial charge is 0.497 e. The molecule has 0 saturated heterocycles. The van der Waals surface area contributed by atoms with Crippen LogP contribution in [0.1, 0.15) is 25.8 Å². The van der Waals surface area contributed by atoms with E-state index in [1.54, 1.807) is 7.11 Å². The van der Waals surface area contributed by atoms with Crippen molar-refractivity contribution in [3.8, 4) is 5.75 Å². The summed E-state index contributed by atoms with van der Waals surface area (Å²) in [4.78, 5) is 2.25. The fourth-order valence-electron chi connectivity index (χ4n) is 2.02. The van der Waals surface area contributed by atoms with Crippen LogP contribution < -0.4 is 4.74 Å². The van der Waals surface area contributed by atoms with Crippen LogP contribution in [0.2, 0.25) is 0 Å². The number of ether oxygens (including phenoxy) is 1. The highest BCUT2D eigenvalue weighted by molar-refractivity contribution is 5.27. The SMILES string of the molecule is CCC(C)(CO)CN(C)Cc1ccc(OC)cc1. The average molecular weight is 251 g/mol. The Labute approximate surface area is 110 Å². The van der Waals surface area contributed by atoms with Gasteiger partial charge in [0.25, 0.3) is 0 Å². The number of nitrogens with zero attached hydrogens (tertiary/aromatic N) is 1. The van der Waals surface area contributed by atoms with E-state index in [1.807, 2.05) is 12.1 Å². The Morgan fingerprint density at radius 3 is 2.33 bits per heavy atom. The first-order chi connectivity index (χ1) is 8.53. The quantitative estimate of drug-likeness (QED) is 0.808. The molecule has 0 fully saturated rings. The monoisotopic (exact) mass is 251 g/mol. The van der Waals surface area contributed by atoms with Gasteiger partial charge in [-0.2, -0.15) is 0 Å². The molecule has 0 saturated carbocycles. The first-order valence-corrected chi connectivity index (χ1v) is 6.45. The van der Waals surface area contributed by atoms with Gasteiger partial charge < -0.3 is 14.7 Å². The van der Waals surface area contributed by atoms with Gasteiger partial charge in [-0.05, 0) is 31.2 Å². The predicted molar refractivity (Wildman–Crippen MR) is 74.8 cm³/mol. The second-order valence-electron chi connectivity index (χ2n) is 5.34. The second-order valence-corrected chi connectivity index (χ2v) is 5.34. The zero-order valence-electron chi connectivity index (χ0n) is 11.9. The van der Waals surface area contributed by atoms with E-state index in [4.69, 9.17) is 4.74 Å². The molecule has 0 spiro atoms. The molecule has 0 bridgehead atoms. The maximum absolute atomic E-state index is 9.43. The highest BCUT2D eigenvalue weighted by Crippen LogP contribution is 2.22. The summed E-state index contributed by atoms with van der Waals surface area (Å²) in [6.07, 6.45) is 0.983. The highest BCUT2D eigenvalue weighted by Gasteiger charge is 2.22. The van der Waals surface area contributed by atoms with Crippen molar-refractivity contribution in [2.24, 2.45) is 5.41 Å². The Morgan fingerprint density at radius 1 is 1.28 bits per heavy atom. The lowest BCUT2D eigenvalue weighted by Crippen LogP contribution is -2.35. The van der Waals surface area contributed by atoms with E-state index in [-0.39, 0.29) is 12.0 Å². The van der Waals surface area contributed by atoms with Gasteiger partial charge in [0.05, 0.1) is 7.11 Å². The molecule has 1 aromatic rings. The molecule has 1 unspecified atom stereocenters. The molecule has 0 radical (unpaired) electrons. The molecule has 102 valence electrons. The standard InChI is InChI=1S/C15H25NO2/c1-5-15(2,12-17)11-16(3)10-13-6-8-14(18-4)9-7-13/h6-9,17H,5,10-12H2,1-4H3. The lowest BCUT2D eigenvalue weighted by molar-refractivity contribution is 0.0930. The van der Waals surface area contributed by atoms with Crippen molar-refractivity contribution in [2.45, 2.75) is 26.8 Å². The van der Waals surface area contributed by atoms with Crippen LogP contribution in [0.5, 0.6) is 5.75 Å². The van der Waals surface area contributed by atoms with Gasteiger partial charge in [0.2, 0.25) is 0 Å². The first-order valence-electron chi connectivity index (χ1n) is 6.45. The third-order valence-corrected chi connectivity index (χ3v) is 3.50. The lowest BCUT2D eigenvalue weighted by Gasteiger charge is -2.31. The summed E-state index contributed by atoms with van der Waals surface area (Å²) in [6, 6.07) is 8.12. The van der Waals surface area contributed by atoms with Crippen molar-refractivity contribution in [3.63, 3.8) is 0 Å². The molecule has 1 atom stereocenters. The molecule has 1 aromatic carbocycles. The van der Waals surface area contributed by atoms with Gasteiger partial charge in [-0.1, -0.05) is 26.0 Å². The van der Waals surface area contributed by atoms with Crippen LogP contribution in [-0.2, 0) is 6.54 Å². The molecule has 0 aliphatic carbocycles. The molecular weight excluding hydrogens is 226 g/mol. The Bertz CT molecular complexity index is 344. The molecule has 0 aromatic heterocycles. The molecular formula is C15H25NO2. The minimum absolute atomic E-state index is 0.0127. The van der Waals surface area contributed by atoms with Gasteiger partial charge in [0, 0.05) is 25.1 Å². The second kappa shape index (κ2) is 6.76. The number of aliphatic hydroxyl groups is 1. The zero-order valence-corrected chi connectivity index (χ0v) is 11.9. The molecule has 0 aliphatic rings. The number of hydrogen-bond donors (Lipinski definition) is 1. The number of methoxy groups -OCH3 is 1. The van der Waals surface area contributed by atoms with Gasteiger partial charge in [-0.3, -0.25) is 0 Å². The summed E-state index contributed by atoms with van der Waals surface area (Å²) in [6.45, 7) is 6.26. The molecule has 1 rings (SSSR count). The fraction of sp³-hybridized carbons (Fsp3) is 0.600. The number of rotatable bonds is 7. The third-order valence-electron chi connectivity index (χ3n) is 3.50. The van der Waals surface area contributed by atoms with Crippen molar-refractivity contribution >= 4 is 0 Å². The summed E-state index contributed by atoms with van der Waals surface area (Å²) in [5, 5.41) is 9.43. The first kappa shape index (κ1) is 15.0. The summed E-state index contributed by atoms with van der Waals surface area (Å²) in [5.41, 5.74) is 1.25. The molecule has 1 N–H and O–H groups in total. The van der Waals surface area contributed by atoms with E-state index in [0.29, 0.717) is 0 Å². The van der Waals surface area contributed by atoms with Crippen molar-refractivity contribution in [3.05, 3.63) is 29.8 Å². The van der Waals surface area contributed by atoms with E-state index < -0.39 is 0 Å². The minimum Gasteiger partial charge on any atom is -0.497 e. The van der Waals surface area contributed by atoms with Crippen molar-refractivity contribution in [1.82, 2.24) is 4.90 Å². The summed E-state index contributed by atoms with van der Waals surface area (Å²) in [7, 11) is 3.77. The van der Waals surface area contributed by atoms with Crippen LogP contribution >= 0.6 is 0 Å². The highest BCUT2D eigenvalue weighted by atomic mass is 16.5. The molecule has 3 nitrogen and oxygen atoms in total. The maximum Gasteiger partial charge on any atom is 0.118 e. The van der Waals surface area contributed by atoms with Crippen LogP contribution in [-0.4, -0.2) is 37.3 Å². The number of hydrogen-bond acceptors (Lipinski definition) is 3. The van der Waals surface area contributed by atoms with Gasteiger partial charge in [0.15, 0.2) is 0 Å². The van der Waals surface area contributed by atoms with Crippen molar-refractivity contribution in [1.29, 1.82) is 0 Å². The zero-order chi connectivity index (χ0) is 13.6. The Kier molecular flexibility index (Phi) is 5.63. The smallest absolute Gasteiger partial charge is 0.118 e. The van der Waals surface area contributed by atoms with E-state index >= 15 is 0 Å². The minimum atomic E-state index is -0.0127. The van der Waals surface area contributed by atoms with Crippen LogP contribution in [0.3, 0.4) is 0 Å². The number of benzene rings is 1.